The molecule has 4 heterocycles. The van der Waals surface area contributed by atoms with Gasteiger partial charge in [0.25, 0.3) is 5.92 Å². The van der Waals surface area contributed by atoms with Crippen molar-refractivity contribution in [3.8, 4) is 11.9 Å². The minimum atomic E-state index is -3.10. The Labute approximate surface area is 164 Å². The molecule has 0 aliphatic carbocycles. The summed E-state index contributed by atoms with van der Waals surface area (Å²) in [6.45, 7) is 3.20. The van der Waals surface area contributed by atoms with Crippen LogP contribution in [0.5, 0.6) is 0 Å². The van der Waals surface area contributed by atoms with E-state index in [1.807, 2.05) is 4.90 Å². The molecule has 3 aromatic heterocycles. The molecule has 0 aromatic carbocycles. The Morgan fingerprint density at radius 1 is 1.38 bits per heavy atom. The zero-order valence-corrected chi connectivity index (χ0v) is 15.7. The predicted molar refractivity (Wildman–Crippen MR) is 102 cm³/mol. The molecule has 3 aromatic rings. The second-order valence-corrected chi connectivity index (χ2v) is 7.00. The molecule has 0 atom stereocenters. The second-order valence-electron chi connectivity index (χ2n) is 7.00. The van der Waals surface area contributed by atoms with E-state index in [9.17, 15) is 13.6 Å². The zero-order chi connectivity index (χ0) is 20.8. The Kier molecular flexibility index (Phi) is 4.38. The summed E-state index contributed by atoms with van der Waals surface area (Å²) in [4.78, 5) is 21.6. The van der Waals surface area contributed by atoms with Gasteiger partial charge in [-0.05, 0) is 12.1 Å². The number of nitrogens with zero attached hydrogens (tertiary/aromatic N) is 6. The Balaban J connectivity index is 1.86. The molecule has 1 aliphatic rings. The van der Waals surface area contributed by atoms with E-state index in [1.165, 1.54) is 23.7 Å². The lowest BCUT2D eigenvalue weighted by Crippen LogP contribution is -2.46. The van der Waals surface area contributed by atoms with Crippen LogP contribution in [0, 0.1) is 17.2 Å². The van der Waals surface area contributed by atoms with Crippen molar-refractivity contribution in [2.75, 3.05) is 23.3 Å². The van der Waals surface area contributed by atoms with Crippen LogP contribution in [-0.4, -0.2) is 38.7 Å². The van der Waals surface area contributed by atoms with E-state index >= 15 is 0 Å². The van der Waals surface area contributed by atoms with Crippen molar-refractivity contribution in [3.63, 3.8) is 0 Å². The third-order valence-corrected chi connectivity index (χ3v) is 4.61. The van der Waals surface area contributed by atoms with Crippen LogP contribution in [0.4, 0.5) is 20.4 Å². The molecule has 1 fully saturated rings. The highest BCUT2D eigenvalue weighted by Gasteiger charge is 2.31. The maximum atomic E-state index is 13.8. The first-order valence-corrected chi connectivity index (χ1v) is 8.93. The summed E-state index contributed by atoms with van der Waals surface area (Å²) in [5.41, 5.74) is 0.188. The van der Waals surface area contributed by atoms with Crippen LogP contribution < -0.4 is 10.2 Å². The van der Waals surface area contributed by atoms with E-state index in [4.69, 9.17) is 5.26 Å². The molecule has 148 valence electrons. The van der Waals surface area contributed by atoms with E-state index in [2.05, 4.69) is 26.5 Å². The van der Waals surface area contributed by atoms with Gasteiger partial charge in [-0.1, -0.05) is 6.07 Å². The number of aromatic nitrogens is 4. The molecule has 0 radical (unpaired) electrons. The number of hydrogen-bond donors (Lipinski definition) is 1. The number of rotatable bonds is 4. The third-order valence-electron chi connectivity index (χ3n) is 4.61. The molecular weight excluding hydrogens is 380 g/mol. The first-order chi connectivity index (χ1) is 13.8. The molecule has 10 heteroatoms. The minimum Gasteiger partial charge on any atom is -0.352 e. The molecule has 0 spiro atoms. The number of pyridine rings is 2. The number of nitriles is 1. The van der Waals surface area contributed by atoms with Gasteiger partial charge in [0.1, 0.15) is 11.5 Å². The number of halogens is 2. The van der Waals surface area contributed by atoms with Gasteiger partial charge in [0.2, 0.25) is 5.91 Å². The number of nitrogens with one attached hydrogen (secondary N) is 1. The van der Waals surface area contributed by atoms with Crippen molar-refractivity contribution in [2.24, 2.45) is 5.92 Å². The van der Waals surface area contributed by atoms with Crippen molar-refractivity contribution in [1.29, 1.82) is 5.26 Å². The Morgan fingerprint density at radius 2 is 2.14 bits per heavy atom. The molecule has 1 saturated heterocycles. The van der Waals surface area contributed by atoms with Crippen LogP contribution in [-0.2, 0) is 10.7 Å². The van der Waals surface area contributed by atoms with Gasteiger partial charge in [0, 0.05) is 39.2 Å². The summed E-state index contributed by atoms with van der Waals surface area (Å²) in [5, 5.41) is 16.9. The smallest absolute Gasteiger partial charge is 0.287 e. The Morgan fingerprint density at radius 3 is 2.79 bits per heavy atom. The zero-order valence-electron chi connectivity index (χ0n) is 15.7. The van der Waals surface area contributed by atoms with Crippen LogP contribution in [0.25, 0.3) is 16.7 Å². The van der Waals surface area contributed by atoms with Crippen molar-refractivity contribution >= 4 is 28.4 Å². The quantitative estimate of drug-likeness (QED) is 0.727. The Hall–Kier alpha value is -3.61. The van der Waals surface area contributed by atoms with Crippen LogP contribution in [0.1, 0.15) is 19.5 Å². The SMILES string of the molecule is CC(=O)Nc1cc2c(cn1)c(N1CC(C#N)C1)nn2-c1cccc(C(C)(F)F)n1. The first kappa shape index (κ1) is 18.7. The fourth-order valence-electron chi connectivity index (χ4n) is 3.17. The van der Waals surface area contributed by atoms with Crippen LogP contribution in [0.2, 0.25) is 0 Å². The van der Waals surface area contributed by atoms with Gasteiger partial charge < -0.3 is 10.2 Å². The summed E-state index contributed by atoms with van der Waals surface area (Å²) in [7, 11) is 0. The Bertz CT molecular complexity index is 1140. The maximum Gasteiger partial charge on any atom is 0.287 e. The fraction of sp³-hybridized carbons (Fsp3) is 0.316. The average Bonchev–Trinajstić information content (AvgIpc) is 2.98. The van der Waals surface area contributed by atoms with E-state index in [0.29, 0.717) is 35.6 Å². The van der Waals surface area contributed by atoms with E-state index < -0.39 is 5.92 Å². The van der Waals surface area contributed by atoms with Gasteiger partial charge in [-0.15, -0.1) is 5.10 Å². The molecule has 0 unspecified atom stereocenters. The fourth-order valence-corrected chi connectivity index (χ4v) is 3.17. The van der Waals surface area contributed by atoms with Gasteiger partial charge in [-0.25, -0.2) is 14.6 Å². The number of amides is 1. The molecule has 1 aliphatic heterocycles. The van der Waals surface area contributed by atoms with Crippen molar-refractivity contribution in [3.05, 3.63) is 36.2 Å². The average molecular weight is 397 g/mol. The molecule has 0 bridgehead atoms. The maximum absolute atomic E-state index is 13.8. The summed E-state index contributed by atoms with van der Waals surface area (Å²) in [5.74, 6) is -2.34. The van der Waals surface area contributed by atoms with E-state index in [1.54, 1.807) is 18.3 Å². The van der Waals surface area contributed by atoms with Crippen LogP contribution >= 0.6 is 0 Å². The summed E-state index contributed by atoms with van der Waals surface area (Å²) in [6.07, 6.45) is 1.57. The van der Waals surface area contributed by atoms with Gasteiger partial charge in [-0.2, -0.15) is 14.0 Å². The number of alkyl halides is 2. The molecule has 8 nitrogen and oxygen atoms in total. The van der Waals surface area contributed by atoms with E-state index in [0.717, 1.165) is 6.92 Å². The summed E-state index contributed by atoms with van der Waals surface area (Å²) >= 11 is 0. The normalized spacial score (nSPS) is 14.5. The minimum absolute atomic E-state index is 0.0814. The topological polar surface area (TPSA) is 99.7 Å². The highest BCUT2D eigenvalue weighted by atomic mass is 19.3. The highest BCUT2D eigenvalue weighted by Crippen LogP contribution is 2.33. The molecule has 29 heavy (non-hydrogen) atoms. The lowest BCUT2D eigenvalue weighted by Gasteiger charge is -2.35. The van der Waals surface area contributed by atoms with Gasteiger partial charge >= 0.3 is 0 Å². The van der Waals surface area contributed by atoms with E-state index in [-0.39, 0.29) is 23.3 Å². The standard InChI is InChI=1S/C19H17F2N7O/c1-11(29)24-16-6-14-13(8-23-16)18(27-9-12(7-22)10-27)26-28(14)17-5-3-4-15(25-17)19(2,20)21/h3-6,8,12H,9-10H2,1-2H3,(H,23,24,29). The number of carbonyl (C=O) groups excluding carboxylic acids is 1. The molecule has 1 amide bonds. The predicted octanol–water partition coefficient (Wildman–Crippen LogP) is 2.85. The van der Waals surface area contributed by atoms with Crippen molar-refractivity contribution in [1.82, 2.24) is 19.7 Å². The number of anilines is 2. The molecule has 4 rings (SSSR count). The van der Waals surface area contributed by atoms with Crippen LogP contribution in [0.15, 0.2) is 30.5 Å². The molecular formula is C19H17F2N7O. The lowest BCUT2D eigenvalue weighted by molar-refractivity contribution is -0.114. The lowest BCUT2D eigenvalue weighted by atomic mass is 10.0. The molecule has 1 N–H and O–H groups in total. The van der Waals surface area contributed by atoms with Crippen molar-refractivity contribution < 1.29 is 13.6 Å². The van der Waals surface area contributed by atoms with Gasteiger partial charge in [-0.3, -0.25) is 4.79 Å². The third kappa shape index (κ3) is 3.47. The highest BCUT2D eigenvalue weighted by molar-refractivity contribution is 5.95. The van der Waals surface area contributed by atoms with Crippen molar-refractivity contribution in [2.45, 2.75) is 19.8 Å². The van der Waals surface area contributed by atoms with Crippen LogP contribution in [0.3, 0.4) is 0 Å². The number of carbonyl (C=O) groups is 1. The number of hydrogen-bond acceptors (Lipinski definition) is 6. The summed E-state index contributed by atoms with van der Waals surface area (Å²) < 4.78 is 29.0. The van der Waals surface area contributed by atoms with Gasteiger partial charge in [0.05, 0.1) is 22.9 Å². The monoisotopic (exact) mass is 397 g/mol. The largest absolute Gasteiger partial charge is 0.352 e. The van der Waals surface area contributed by atoms with Gasteiger partial charge in [0.15, 0.2) is 11.6 Å². The first-order valence-electron chi connectivity index (χ1n) is 8.93. The second kappa shape index (κ2) is 6.77. The number of fused-ring (bicyclic) bond motifs is 1. The molecule has 0 saturated carbocycles. The summed E-state index contributed by atoms with van der Waals surface area (Å²) in [6, 6.07) is 8.16.